The first-order valence-corrected chi connectivity index (χ1v) is 2.08. The van der Waals surface area contributed by atoms with E-state index >= 15 is 0 Å². The Morgan fingerprint density at radius 1 is 1.62 bits per heavy atom. The number of carboxylic acid groups (broad SMARTS) is 1. The maximum Gasteiger partial charge on any atom is 0.315 e. The van der Waals surface area contributed by atoms with Crippen molar-refractivity contribution in [3.8, 4) is 0 Å². The minimum Gasteiger partial charge on any atom is -0.481 e. The molecular formula is C4H7NO3. The summed E-state index contributed by atoms with van der Waals surface area (Å²) in [6, 6.07) is 0. The predicted octanol–water partition coefficient (Wildman–Crippen LogP) is -0.808. The predicted molar refractivity (Wildman–Crippen MR) is 26.0 cm³/mol. The van der Waals surface area contributed by atoms with Gasteiger partial charge in [-0.2, -0.15) is 0 Å². The molecule has 8 heavy (non-hydrogen) atoms. The van der Waals surface area contributed by atoms with Gasteiger partial charge in [0.1, 0.15) is 5.92 Å². The Balaban J connectivity index is 3.83. The van der Waals surface area contributed by atoms with E-state index in [2.05, 4.69) is 5.73 Å². The quantitative estimate of drug-likeness (QED) is 0.464. The highest BCUT2D eigenvalue weighted by Crippen LogP contribution is 1.89. The molecule has 0 rings (SSSR count). The van der Waals surface area contributed by atoms with Gasteiger partial charge >= 0.3 is 5.97 Å². The molecule has 0 radical (unpaired) electrons. The lowest BCUT2D eigenvalue weighted by molar-refractivity contribution is -0.145. The lowest BCUT2D eigenvalue weighted by atomic mass is 10.2. The van der Waals surface area contributed by atoms with Crippen molar-refractivity contribution in [2.24, 2.45) is 11.7 Å². The average Bonchev–Trinajstić information content (AvgIpc) is 1.64. The Morgan fingerprint density at radius 3 is 2.00 bits per heavy atom. The maximum atomic E-state index is 9.98. The van der Waals surface area contributed by atoms with Crippen molar-refractivity contribution in [1.82, 2.24) is 0 Å². The molecule has 3 N–H and O–H groups in total. The molecule has 0 fully saturated rings. The average molecular weight is 117 g/mol. The number of primary amides is 1. The van der Waals surface area contributed by atoms with E-state index in [-0.39, 0.29) is 0 Å². The van der Waals surface area contributed by atoms with Gasteiger partial charge in [-0.15, -0.1) is 0 Å². The van der Waals surface area contributed by atoms with Crippen molar-refractivity contribution in [2.75, 3.05) is 0 Å². The third-order valence-corrected chi connectivity index (χ3v) is 0.797. The Labute approximate surface area is 46.3 Å². The lowest BCUT2D eigenvalue weighted by Crippen LogP contribution is -2.27. The summed E-state index contributed by atoms with van der Waals surface area (Å²) >= 11 is 0. The molecule has 0 unspecified atom stereocenters. The second kappa shape index (κ2) is 2.30. The normalized spacial score (nSPS) is 12.6. The first-order chi connectivity index (χ1) is 3.55. The van der Waals surface area contributed by atoms with Crippen LogP contribution in [0.5, 0.6) is 0 Å². The molecule has 0 spiro atoms. The molecule has 46 valence electrons. The fourth-order valence-electron chi connectivity index (χ4n) is 0.122. The third-order valence-electron chi connectivity index (χ3n) is 0.797. The van der Waals surface area contributed by atoms with Crippen LogP contribution >= 0.6 is 0 Å². The molecule has 0 aromatic carbocycles. The van der Waals surface area contributed by atoms with Crippen LogP contribution in [0.1, 0.15) is 6.92 Å². The summed E-state index contributed by atoms with van der Waals surface area (Å²) in [4.78, 5) is 19.8. The SMILES string of the molecule is C[C@@H](C(N)=O)C(=O)O. The number of nitrogens with two attached hydrogens (primary N) is 1. The topological polar surface area (TPSA) is 80.4 Å². The van der Waals surface area contributed by atoms with E-state index in [0.29, 0.717) is 0 Å². The molecule has 4 heteroatoms. The molecule has 0 aromatic rings. The number of aliphatic carboxylic acids is 1. The van der Waals surface area contributed by atoms with E-state index in [1.165, 1.54) is 6.92 Å². The van der Waals surface area contributed by atoms with Gasteiger partial charge < -0.3 is 10.8 Å². The van der Waals surface area contributed by atoms with E-state index in [1.807, 2.05) is 0 Å². The van der Waals surface area contributed by atoms with Gasteiger partial charge in [-0.3, -0.25) is 9.59 Å². The molecule has 0 aliphatic rings. The van der Waals surface area contributed by atoms with E-state index in [9.17, 15) is 9.59 Å². The lowest BCUT2D eigenvalue weighted by Gasteiger charge is -1.95. The van der Waals surface area contributed by atoms with Crippen LogP contribution in [0.2, 0.25) is 0 Å². The maximum absolute atomic E-state index is 9.98. The van der Waals surface area contributed by atoms with Crippen molar-refractivity contribution >= 4 is 11.9 Å². The van der Waals surface area contributed by atoms with Crippen molar-refractivity contribution in [3.05, 3.63) is 0 Å². The minimum atomic E-state index is -1.18. The summed E-state index contributed by atoms with van der Waals surface area (Å²) in [5, 5.41) is 8.05. The van der Waals surface area contributed by atoms with Gasteiger partial charge in [0.15, 0.2) is 0 Å². The summed E-state index contributed by atoms with van der Waals surface area (Å²) < 4.78 is 0. The van der Waals surface area contributed by atoms with Gasteiger partial charge in [-0.25, -0.2) is 0 Å². The Kier molecular flexibility index (Phi) is 1.99. The molecule has 4 nitrogen and oxygen atoms in total. The van der Waals surface area contributed by atoms with Crippen LogP contribution in [-0.4, -0.2) is 17.0 Å². The number of carboxylic acids is 1. The van der Waals surface area contributed by atoms with Crippen molar-refractivity contribution in [3.63, 3.8) is 0 Å². The molecule has 0 aromatic heterocycles. The Hall–Kier alpha value is -1.06. The van der Waals surface area contributed by atoms with Crippen molar-refractivity contribution in [1.29, 1.82) is 0 Å². The standard InChI is InChI=1S/C4H7NO3/c1-2(3(5)6)4(7)8/h2H,1H3,(H2,5,6)(H,7,8)/t2-/m0/s1. The largest absolute Gasteiger partial charge is 0.481 e. The highest BCUT2D eigenvalue weighted by molar-refractivity contribution is 5.95. The molecule has 0 saturated heterocycles. The van der Waals surface area contributed by atoms with Gasteiger partial charge in [-0.05, 0) is 6.92 Å². The highest BCUT2D eigenvalue weighted by atomic mass is 16.4. The third kappa shape index (κ3) is 1.59. The van der Waals surface area contributed by atoms with E-state index < -0.39 is 17.8 Å². The van der Waals surface area contributed by atoms with Gasteiger partial charge in [-0.1, -0.05) is 0 Å². The van der Waals surface area contributed by atoms with Crippen molar-refractivity contribution < 1.29 is 14.7 Å². The highest BCUT2D eigenvalue weighted by Gasteiger charge is 2.15. The number of hydrogen-bond donors (Lipinski definition) is 2. The zero-order valence-corrected chi connectivity index (χ0v) is 4.42. The van der Waals surface area contributed by atoms with Crippen LogP contribution in [0.3, 0.4) is 0 Å². The van der Waals surface area contributed by atoms with Crippen LogP contribution in [-0.2, 0) is 9.59 Å². The number of hydrogen-bond acceptors (Lipinski definition) is 2. The second-order valence-corrected chi connectivity index (χ2v) is 1.46. The molecule has 0 aliphatic heterocycles. The number of carbonyl (C=O) groups is 2. The van der Waals surface area contributed by atoms with Gasteiger partial charge in [0.25, 0.3) is 0 Å². The van der Waals surface area contributed by atoms with Crippen LogP contribution in [0.15, 0.2) is 0 Å². The minimum absolute atomic E-state index is 0.808. The fourth-order valence-corrected chi connectivity index (χ4v) is 0.122. The number of carbonyl (C=O) groups excluding carboxylic acids is 1. The summed E-state index contributed by atoms with van der Waals surface area (Å²) in [5.41, 5.74) is 4.62. The van der Waals surface area contributed by atoms with Crippen LogP contribution in [0, 0.1) is 5.92 Å². The fraction of sp³-hybridized carbons (Fsp3) is 0.500. The molecule has 0 saturated carbocycles. The van der Waals surface area contributed by atoms with E-state index in [0.717, 1.165) is 0 Å². The summed E-state index contributed by atoms with van der Waals surface area (Å²) in [7, 11) is 0. The zero-order chi connectivity index (χ0) is 6.73. The van der Waals surface area contributed by atoms with E-state index in [4.69, 9.17) is 5.11 Å². The smallest absolute Gasteiger partial charge is 0.315 e. The Bertz CT molecular complexity index is 106. The van der Waals surface area contributed by atoms with E-state index in [1.54, 1.807) is 0 Å². The molecule has 1 atom stereocenters. The monoisotopic (exact) mass is 117 g/mol. The Morgan fingerprint density at radius 2 is 2.00 bits per heavy atom. The van der Waals surface area contributed by atoms with Crippen LogP contribution < -0.4 is 5.73 Å². The molecular weight excluding hydrogens is 110 g/mol. The van der Waals surface area contributed by atoms with Crippen molar-refractivity contribution in [2.45, 2.75) is 6.92 Å². The van der Waals surface area contributed by atoms with Crippen LogP contribution in [0.25, 0.3) is 0 Å². The van der Waals surface area contributed by atoms with Crippen LogP contribution in [0.4, 0.5) is 0 Å². The summed E-state index contributed by atoms with van der Waals surface area (Å²) in [6.45, 7) is 1.24. The number of amides is 1. The second-order valence-electron chi connectivity index (χ2n) is 1.46. The summed E-state index contributed by atoms with van der Waals surface area (Å²) in [5.74, 6) is -3.06. The molecule has 0 bridgehead atoms. The van der Waals surface area contributed by atoms with Gasteiger partial charge in [0.2, 0.25) is 5.91 Å². The molecule has 1 amide bonds. The number of rotatable bonds is 2. The summed E-state index contributed by atoms with van der Waals surface area (Å²) in [6.07, 6.45) is 0. The first-order valence-electron chi connectivity index (χ1n) is 2.08. The zero-order valence-electron chi connectivity index (χ0n) is 4.42. The first kappa shape index (κ1) is 6.94. The molecule has 0 aliphatic carbocycles. The van der Waals surface area contributed by atoms with Gasteiger partial charge in [0.05, 0.1) is 0 Å². The molecule has 0 heterocycles. The van der Waals surface area contributed by atoms with Gasteiger partial charge in [0, 0.05) is 0 Å².